The van der Waals surface area contributed by atoms with Crippen molar-refractivity contribution in [2.45, 2.75) is 19.8 Å². The van der Waals surface area contributed by atoms with Gasteiger partial charge in [-0.05, 0) is 42.7 Å². The van der Waals surface area contributed by atoms with E-state index >= 15 is 0 Å². The molecule has 0 radical (unpaired) electrons. The number of aryl methyl sites for hydroxylation is 2. The number of benzene rings is 2. The Morgan fingerprint density at radius 3 is 3.00 bits per heavy atom. The van der Waals surface area contributed by atoms with Crippen molar-refractivity contribution >= 4 is 22.7 Å². The zero-order chi connectivity index (χ0) is 15.1. The van der Waals surface area contributed by atoms with Gasteiger partial charge in [-0.1, -0.05) is 18.2 Å². The van der Waals surface area contributed by atoms with E-state index in [9.17, 15) is 4.79 Å². The third kappa shape index (κ3) is 2.08. The number of carbonyl (C=O) groups is 1. The van der Waals surface area contributed by atoms with Crippen LogP contribution in [0.2, 0.25) is 0 Å². The Balaban J connectivity index is 1.74. The van der Waals surface area contributed by atoms with Crippen LogP contribution in [-0.2, 0) is 6.42 Å². The van der Waals surface area contributed by atoms with Crippen molar-refractivity contribution < 1.29 is 9.21 Å². The molecule has 0 spiro atoms. The molecule has 0 aliphatic carbocycles. The van der Waals surface area contributed by atoms with Gasteiger partial charge in [0.25, 0.3) is 5.91 Å². The van der Waals surface area contributed by atoms with Crippen LogP contribution in [0.15, 0.2) is 46.9 Å². The van der Waals surface area contributed by atoms with Crippen molar-refractivity contribution in [3.05, 3.63) is 59.5 Å². The van der Waals surface area contributed by atoms with E-state index in [1.165, 1.54) is 5.56 Å². The van der Waals surface area contributed by atoms with Crippen molar-refractivity contribution in [2.75, 3.05) is 11.4 Å². The van der Waals surface area contributed by atoms with E-state index in [0.29, 0.717) is 17.0 Å². The Labute approximate surface area is 128 Å². The minimum Gasteiger partial charge on any atom is -0.441 e. The first-order valence-corrected chi connectivity index (χ1v) is 7.49. The van der Waals surface area contributed by atoms with E-state index in [1.54, 1.807) is 6.07 Å². The fourth-order valence-electron chi connectivity index (χ4n) is 3.07. The maximum absolute atomic E-state index is 12.9. The highest BCUT2D eigenvalue weighted by Crippen LogP contribution is 2.28. The average Bonchev–Trinajstić information content (AvgIpc) is 2.92. The molecule has 1 aromatic heterocycles. The number of para-hydroxylation sites is 1. The van der Waals surface area contributed by atoms with E-state index in [1.807, 2.05) is 42.2 Å². The summed E-state index contributed by atoms with van der Waals surface area (Å²) in [5.74, 6) is 0.631. The van der Waals surface area contributed by atoms with Gasteiger partial charge < -0.3 is 9.32 Å². The van der Waals surface area contributed by atoms with E-state index in [0.717, 1.165) is 30.6 Å². The van der Waals surface area contributed by atoms with E-state index in [2.05, 4.69) is 11.1 Å². The topological polar surface area (TPSA) is 46.3 Å². The molecule has 22 heavy (non-hydrogen) atoms. The number of rotatable bonds is 1. The standard InChI is InChI=1S/C18H16N2O2/c1-12-19-15-9-8-14(11-17(15)22-12)18(21)20-10-4-6-13-5-2-3-7-16(13)20/h2-3,5,7-9,11H,4,6,10H2,1H3. The molecule has 4 rings (SSSR count). The second-order valence-electron chi connectivity index (χ2n) is 5.60. The average molecular weight is 292 g/mol. The second kappa shape index (κ2) is 4.98. The minimum atomic E-state index is 0.0168. The summed E-state index contributed by atoms with van der Waals surface area (Å²) in [7, 11) is 0. The Morgan fingerprint density at radius 2 is 2.09 bits per heavy atom. The summed E-state index contributed by atoms with van der Waals surface area (Å²) in [6, 6.07) is 13.6. The molecular formula is C18H16N2O2. The summed E-state index contributed by atoms with van der Waals surface area (Å²) < 4.78 is 5.53. The van der Waals surface area contributed by atoms with Gasteiger partial charge in [0.1, 0.15) is 5.52 Å². The zero-order valence-electron chi connectivity index (χ0n) is 12.4. The lowest BCUT2D eigenvalue weighted by Crippen LogP contribution is -2.35. The first kappa shape index (κ1) is 13.1. The van der Waals surface area contributed by atoms with Crippen molar-refractivity contribution in [1.82, 2.24) is 4.98 Å². The predicted molar refractivity (Wildman–Crippen MR) is 85.2 cm³/mol. The number of anilines is 1. The van der Waals surface area contributed by atoms with Gasteiger partial charge in [0.15, 0.2) is 11.5 Å². The predicted octanol–water partition coefficient (Wildman–Crippen LogP) is 3.73. The van der Waals surface area contributed by atoms with Crippen molar-refractivity contribution in [2.24, 2.45) is 0 Å². The number of carbonyl (C=O) groups excluding carboxylic acids is 1. The Kier molecular flexibility index (Phi) is 2.96. The number of amides is 1. The molecule has 0 bridgehead atoms. The van der Waals surface area contributed by atoms with Gasteiger partial charge in [0, 0.05) is 24.7 Å². The highest BCUT2D eigenvalue weighted by Gasteiger charge is 2.23. The van der Waals surface area contributed by atoms with E-state index in [-0.39, 0.29) is 5.91 Å². The second-order valence-corrected chi connectivity index (χ2v) is 5.60. The van der Waals surface area contributed by atoms with Crippen LogP contribution >= 0.6 is 0 Å². The van der Waals surface area contributed by atoms with Gasteiger partial charge in [-0.3, -0.25) is 4.79 Å². The van der Waals surface area contributed by atoms with E-state index in [4.69, 9.17) is 4.42 Å². The third-order valence-electron chi connectivity index (χ3n) is 4.10. The van der Waals surface area contributed by atoms with Crippen LogP contribution < -0.4 is 4.90 Å². The first-order chi connectivity index (χ1) is 10.7. The number of oxazole rings is 1. The van der Waals surface area contributed by atoms with Crippen LogP contribution in [0, 0.1) is 6.92 Å². The molecule has 0 unspecified atom stereocenters. The number of nitrogens with zero attached hydrogens (tertiary/aromatic N) is 2. The van der Waals surface area contributed by atoms with Gasteiger partial charge in [0.2, 0.25) is 0 Å². The lowest BCUT2D eigenvalue weighted by molar-refractivity contribution is 0.0985. The first-order valence-electron chi connectivity index (χ1n) is 7.49. The fourth-order valence-corrected chi connectivity index (χ4v) is 3.07. The smallest absolute Gasteiger partial charge is 0.258 e. The number of hydrogen-bond donors (Lipinski definition) is 0. The minimum absolute atomic E-state index is 0.0168. The molecule has 1 aliphatic heterocycles. The zero-order valence-corrected chi connectivity index (χ0v) is 12.4. The molecule has 2 aromatic carbocycles. The van der Waals surface area contributed by atoms with Crippen LogP contribution in [0.25, 0.3) is 11.1 Å². The molecule has 4 nitrogen and oxygen atoms in total. The lowest BCUT2D eigenvalue weighted by Gasteiger charge is -2.29. The monoisotopic (exact) mass is 292 g/mol. The van der Waals surface area contributed by atoms with Gasteiger partial charge in [-0.2, -0.15) is 0 Å². The Morgan fingerprint density at radius 1 is 1.23 bits per heavy atom. The van der Waals surface area contributed by atoms with Crippen LogP contribution in [0.5, 0.6) is 0 Å². The molecule has 0 saturated heterocycles. The van der Waals surface area contributed by atoms with Gasteiger partial charge >= 0.3 is 0 Å². The fraction of sp³-hybridized carbons (Fsp3) is 0.222. The molecule has 0 N–H and O–H groups in total. The highest BCUT2D eigenvalue weighted by atomic mass is 16.3. The maximum atomic E-state index is 12.9. The summed E-state index contributed by atoms with van der Waals surface area (Å²) in [6.45, 7) is 2.56. The van der Waals surface area contributed by atoms with Crippen molar-refractivity contribution in [1.29, 1.82) is 0 Å². The molecule has 1 amide bonds. The normalized spacial score (nSPS) is 14.1. The van der Waals surface area contributed by atoms with Gasteiger partial charge in [-0.15, -0.1) is 0 Å². The highest BCUT2D eigenvalue weighted by molar-refractivity contribution is 6.08. The molecular weight excluding hydrogens is 276 g/mol. The molecule has 4 heteroatoms. The van der Waals surface area contributed by atoms with Gasteiger partial charge in [0.05, 0.1) is 0 Å². The molecule has 2 heterocycles. The van der Waals surface area contributed by atoms with Crippen LogP contribution in [0.3, 0.4) is 0 Å². The quantitative estimate of drug-likeness (QED) is 0.686. The molecule has 110 valence electrons. The Hall–Kier alpha value is -2.62. The molecule has 0 atom stereocenters. The summed E-state index contributed by atoms with van der Waals surface area (Å²) in [4.78, 5) is 19.0. The lowest BCUT2D eigenvalue weighted by atomic mass is 10.0. The van der Waals surface area contributed by atoms with Crippen LogP contribution in [0.1, 0.15) is 28.2 Å². The largest absolute Gasteiger partial charge is 0.441 e. The summed E-state index contributed by atoms with van der Waals surface area (Å²) in [6.07, 6.45) is 2.02. The molecule has 1 aliphatic rings. The Bertz CT molecular complexity index is 866. The SMILES string of the molecule is Cc1nc2ccc(C(=O)N3CCCc4ccccc43)cc2o1. The summed E-state index contributed by atoms with van der Waals surface area (Å²) in [5.41, 5.74) is 4.34. The summed E-state index contributed by atoms with van der Waals surface area (Å²) in [5, 5.41) is 0. The molecule has 0 saturated carbocycles. The number of hydrogen-bond acceptors (Lipinski definition) is 3. The van der Waals surface area contributed by atoms with Crippen LogP contribution in [-0.4, -0.2) is 17.4 Å². The molecule has 3 aromatic rings. The van der Waals surface area contributed by atoms with E-state index < -0.39 is 0 Å². The number of aromatic nitrogens is 1. The third-order valence-corrected chi connectivity index (χ3v) is 4.10. The van der Waals surface area contributed by atoms with Crippen molar-refractivity contribution in [3.8, 4) is 0 Å². The molecule has 0 fully saturated rings. The van der Waals surface area contributed by atoms with Gasteiger partial charge in [-0.25, -0.2) is 4.98 Å². The van der Waals surface area contributed by atoms with Crippen molar-refractivity contribution in [3.63, 3.8) is 0 Å². The maximum Gasteiger partial charge on any atom is 0.258 e. The van der Waals surface area contributed by atoms with Crippen LogP contribution in [0.4, 0.5) is 5.69 Å². The number of fused-ring (bicyclic) bond motifs is 2. The summed E-state index contributed by atoms with van der Waals surface area (Å²) >= 11 is 0.